The zero-order valence-electron chi connectivity index (χ0n) is 11.6. The van der Waals surface area contributed by atoms with Crippen LogP contribution in [0.15, 0.2) is 48.5 Å². The third kappa shape index (κ3) is 2.97. The van der Waals surface area contributed by atoms with Crippen molar-refractivity contribution in [1.29, 1.82) is 0 Å². The highest BCUT2D eigenvalue weighted by molar-refractivity contribution is 5.85. The Hall–Kier alpha value is -1.51. The van der Waals surface area contributed by atoms with E-state index in [9.17, 15) is 5.11 Å². The highest BCUT2D eigenvalue weighted by Crippen LogP contribution is 2.32. The maximum absolute atomic E-state index is 9.80. The lowest BCUT2D eigenvalue weighted by Crippen LogP contribution is -2.24. The van der Waals surface area contributed by atoms with Crippen molar-refractivity contribution in [3.05, 3.63) is 65.2 Å². The van der Waals surface area contributed by atoms with Crippen molar-refractivity contribution in [3.8, 4) is 5.75 Å². The maximum Gasteiger partial charge on any atom is 0.115 e. The SMILES string of the molecule is CN1CCc2ccc(O)cc2C(c2ccccc2)C1.Cl. The van der Waals surface area contributed by atoms with Gasteiger partial charge in [-0.1, -0.05) is 36.4 Å². The predicted octanol–water partition coefficient (Wildman–Crippen LogP) is 3.43. The molecule has 0 bridgehead atoms. The first-order valence-electron chi connectivity index (χ1n) is 6.79. The Balaban J connectivity index is 0.00000147. The Bertz CT molecular complexity index is 570. The number of hydrogen-bond acceptors (Lipinski definition) is 2. The lowest BCUT2D eigenvalue weighted by atomic mass is 9.88. The van der Waals surface area contributed by atoms with Gasteiger partial charge < -0.3 is 10.0 Å². The first-order chi connectivity index (χ1) is 9.24. The Labute approximate surface area is 126 Å². The molecule has 0 spiro atoms. The van der Waals surface area contributed by atoms with Crippen LogP contribution in [0.2, 0.25) is 0 Å². The van der Waals surface area contributed by atoms with Crippen molar-refractivity contribution in [2.24, 2.45) is 0 Å². The topological polar surface area (TPSA) is 23.5 Å². The van der Waals surface area contributed by atoms with Gasteiger partial charge in [0, 0.05) is 19.0 Å². The molecule has 0 aromatic heterocycles. The smallest absolute Gasteiger partial charge is 0.115 e. The number of rotatable bonds is 1. The number of phenolic OH excluding ortho intramolecular Hbond substituents is 1. The van der Waals surface area contributed by atoms with Gasteiger partial charge in [-0.3, -0.25) is 0 Å². The summed E-state index contributed by atoms with van der Waals surface area (Å²) in [6.45, 7) is 2.07. The van der Waals surface area contributed by atoms with Crippen molar-refractivity contribution in [2.45, 2.75) is 12.3 Å². The van der Waals surface area contributed by atoms with Crippen LogP contribution in [-0.2, 0) is 6.42 Å². The molecule has 1 aliphatic heterocycles. The molecule has 2 aromatic rings. The van der Waals surface area contributed by atoms with Crippen molar-refractivity contribution < 1.29 is 5.11 Å². The summed E-state index contributed by atoms with van der Waals surface area (Å²) in [7, 11) is 2.17. The van der Waals surface area contributed by atoms with Gasteiger partial charge in [0.05, 0.1) is 0 Å². The zero-order chi connectivity index (χ0) is 13.2. The number of aromatic hydroxyl groups is 1. The van der Waals surface area contributed by atoms with Gasteiger partial charge in [0.2, 0.25) is 0 Å². The second-order valence-electron chi connectivity index (χ2n) is 5.36. The van der Waals surface area contributed by atoms with E-state index in [1.165, 1.54) is 16.7 Å². The molecule has 1 unspecified atom stereocenters. The van der Waals surface area contributed by atoms with Crippen LogP contribution in [0.3, 0.4) is 0 Å². The quantitative estimate of drug-likeness (QED) is 0.869. The fourth-order valence-electron chi connectivity index (χ4n) is 2.92. The average molecular weight is 290 g/mol. The Morgan fingerprint density at radius 2 is 1.85 bits per heavy atom. The van der Waals surface area contributed by atoms with Gasteiger partial charge in [0.15, 0.2) is 0 Å². The van der Waals surface area contributed by atoms with E-state index in [0.717, 1.165) is 19.5 Å². The molecular weight excluding hydrogens is 270 g/mol. The number of hydrogen-bond donors (Lipinski definition) is 1. The van der Waals surface area contributed by atoms with Crippen LogP contribution in [0.4, 0.5) is 0 Å². The summed E-state index contributed by atoms with van der Waals surface area (Å²) in [6.07, 6.45) is 1.05. The van der Waals surface area contributed by atoms with E-state index in [2.05, 4.69) is 42.3 Å². The monoisotopic (exact) mass is 289 g/mol. The van der Waals surface area contributed by atoms with Gasteiger partial charge in [-0.2, -0.15) is 0 Å². The second kappa shape index (κ2) is 6.29. The number of fused-ring (bicyclic) bond motifs is 1. The molecule has 0 saturated carbocycles. The maximum atomic E-state index is 9.80. The molecule has 20 heavy (non-hydrogen) atoms. The van der Waals surface area contributed by atoms with Crippen LogP contribution in [0, 0.1) is 0 Å². The number of benzene rings is 2. The molecule has 1 atom stereocenters. The normalized spacial score (nSPS) is 18.8. The van der Waals surface area contributed by atoms with Crippen molar-refractivity contribution >= 4 is 12.4 Å². The van der Waals surface area contributed by atoms with Gasteiger partial charge in [0.25, 0.3) is 0 Å². The number of phenols is 1. The van der Waals surface area contributed by atoms with Gasteiger partial charge in [-0.25, -0.2) is 0 Å². The highest BCUT2D eigenvalue weighted by atomic mass is 35.5. The van der Waals surface area contributed by atoms with Crippen molar-refractivity contribution in [1.82, 2.24) is 4.90 Å². The third-order valence-corrected chi connectivity index (χ3v) is 3.96. The summed E-state index contributed by atoms with van der Waals surface area (Å²) in [5, 5.41) is 9.80. The minimum Gasteiger partial charge on any atom is -0.508 e. The summed E-state index contributed by atoms with van der Waals surface area (Å²) in [5.41, 5.74) is 3.95. The highest BCUT2D eigenvalue weighted by Gasteiger charge is 2.22. The standard InChI is InChI=1S/C17H19NO.ClH/c1-18-10-9-14-7-8-15(19)11-16(14)17(12-18)13-5-3-2-4-6-13;/h2-8,11,17,19H,9-10,12H2,1H3;1H. The van der Waals surface area contributed by atoms with Crippen LogP contribution < -0.4 is 0 Å². The van der Waals surface area contributed by atoms with E-state index in [1.54, 1.807) is 6.07 Å². The molecule has 3 heteroatoms. The number of halogens is 1. The van der Waals surface area contributed by atoms with Crippen LogP contribution in [0.1, 0.15) is 22.6 Å². The molecule has 1 aliphatic rings. The van der Waals surface area contributed by atoms with Gasteiger partial charge in [0.1, 0.15) is 5.75 Å². The fourth-order valence-corrected chi connectivity index (χ4v) is 2.92. The predicted molar refractivity (Wildman–Crippen MR) is 84.8 cm³/mol. The van der Waals surface area contributed by atoms with Crippen LogP contribution >= 0.6 is 12.4 Å². The first kappa shape index (κ1) is 14.9. The molecular formula is C17H20ClNO. The summed E-state index contributed by atoms with van der Waals surface area (Å²) in [6, 6.07) is 16.4. The molecule has 1 heterocycles. The van der Waals surface area contributed by atoms with Gasteiger partial charge >= 0.3 is 0 Å². The molecule has 0 amide bonds. The van der Waals surface area contributed by atoms with Crippen molar-refractivity contribution in [2.75, 3.05) is 20.1 Å². The molecule has 0 radical (unpaired) electrons. The first-order valence-corrected chi connectivity index (χ1v) is 6.79. The minimum atomic E-state index is 0. The third-order valence-electron chi connectivity index (χ3n) is 3.96. The minimum absolute atomic E-state index is 0. The van der Waals surface area contributed by atoms with E-state index in [0.29, 0.717) is 11.7 Å². The molecule has 2 nitrogen and oxygen atoms in total. The summed E-state index contributed by atoms with van der Waals surface area (Å²) in [4.78, 5) is 2.37. The Morgan fingerprint density at radius 3 is 2.60 bits per heavy atom. The number of nitrogens with zero attached hydrogens (tertiary/aromatic N) is 1. The van der Waals surface area contributed by atoms with E-state index < -0.39 is 0 Å². The Kier molecular flexibility index (Phi) is 4.69. The van der Waals surface area contributed by atoms with Crippen LogP contribution in [-0.4, -0.2) is 30.1 Å². The summed E-state index contributed by atoms with van der Waals surface area (Å²) < 4.78 is 0. The lowest BCUT2D eigenvalue weighted by Gasteiger charge is -2.22. The van der Waals surface area contributed by atoms with E-state index in [-0.39, 0.29) is 12.4 Å². The summed E-state index contributed by atoms with van der Waals surface area (Å²) >= 11 is 0. The number of likely N-dealkylation sites (N-methyl/N-ethyl adjacent to an activating group) is 1. The molecule has 0 saturated heterocycles. The molecule has 2 aromatic carbocycles. The van der Waals surface area contributed by atoms with Gasteiger partial charge in [-0.15, -0.1) is 12.4 Å². The average Bonchev–Trinajstić information content (AvgIpc) is 2.59. The zero-order valence-corrected chi connectivity index (χ0v) is 12.4. The molecule has 1 N–H and O–H groups in total. The van der Waals surface area contributed by atoms with E-state index in [1.807, 2.05) is 12.1 Å². The molecule has 0 aliphatic carbocycles. The van der Waals surface area contributed by atoms with E-state index in [4.69, 9.17) is 0 Å². The largest absolute Gasteiger partial charge is 0.508 e. The lowest BCUT2D eigenvalue weighted by molar-refractivity contribution is 0.338. The summed E-state index contributed by atoms with van der Waals surface area (Å²) in [5.74, 6) is 0.708. The van der Waals surface area contributed by atoms with Crippen molar-refractivity contribution in [3.63, 3.8) is 0 Å². The van der Waals surface area contributed by atoms with E-state index >= 15 is 0 Å². The Morgan fingerprint density at radius 1 is 1.10 bits per heavy atom. The van der Waals surface area contributed by atoms with Crippen LogP contribution in [0.25, 0.3) is 0 Å². The van der Waals surface area contributed by atoms with Gasteiger partial charge in [-0.05, 0) is 42.3 Å². The molecule has 106 valence electrons. The molecule has 0 fully saturated rings. The molecule has 3 rings (SSSR count). The fraction of sp³-hybridized carbons (Fsp3) is 0.294. The van der Waals surface area contributed by atoms with Crippen LogP contribution in [0.5, 0.6) is 5.75 Å². The second-order valence-corrected chi connectivity index (χ2v) is 5.36.